The second kappa shape index (κ2) is 6.62. The number of hydrogen-bond acceptors (Lipinski definition) is 5. The van der Waals surface area contributed by atoms with Crippen LogP contribution in [0.5, 0.6) is 5.75 Å². The number of carbonyl (C=O) groups is 2. The lowest BCUT2D eigenvalue weighted by atomic mass is 9.76. The smallest absolute Gasteiger partial charge is 0.271 e. The van der Waals surface area contributed by atoms with E-state index in [2.05, 4.69) is 0 Å². The van der Waals surface area contributed by atoms with Gasteiger partial charge in [-0.3, -0.25) is 14.9 Å². The van der Waals surface area contributed by atoms with E-state index >= 15 is 0 Å². The zero-order valence-electron chi connectivity index (χ0n) is 14.8. The van der Waals surface area contributed by atoms with Crippen LogP contribution < -0.4 is 10.1 Å². The number of fused-ring (bicyclic) bond motifs is 1. The van der Waals surface area contributed by atoms with Crippen molar-refractivity contribution < 1.29 is 24.5 Å². The highest BCUT2D eigenvalue weighted by atomic mass is 35.5. The van der Waals surface area contributed by atoms with Gasteiger partial charge in [-0.2, -0.15) is 0 Å². The van der Waals surface area contributed by atoms with Crippen molar-refractivity contribution in [1.82, 2.24) is 5.32 Å². The fourth-order valence-corrected chi connectivity index (χ4v) is 5.40. The van der Waals surface area contributed by atoms with Gasteiger partial charge in [-0.1, -0.05) is 43.0 Å². The van der Waals surface area contributed by atoms with Crippen LogP contribution >= 0.6 is 23.2 Å². The van der Waals surface area contributed by atoms with Gasteiger partial charge < -0.3 is 14.9 Å². The molecule has 1 aliphatic heterocycles. The van der Waals surface area contributed by atoms with Gasteiger partial charge in [-0.15, -0.1) is 0 Å². The Bertz CT molecular complexity index is 823. The molecule has 8 heteroatoms. The predicted molar refractivity (Wildman–Crippen MR) is 98.8 cm³/mol. The van der Waals surface area contributed by atoms with Gasteiger partial charge >= 0.3 is 0 Å². The van der Waals surface area contributed by atoms with Crippen LogP contribution in [0.4, 0.5) is 0 Å². The Labute approximate surface area is 166 Å². The average Bonchev–Trinajstić information content (AvgIpc) is 3.29. The van der Waals surface area contributed by atoms with Crippen LogP contribution in [-0.2, 0) is 21.6 Å². The van der Waals surface area contributed by atoms with Crippen molar-refractivity contribution >= 4 is 35.0 Å². The maximum Gasteiger partial charge on any atom is 0.271 e. The molecule has 4 unspecified atom stereocenters. The lowest BCUT2D eigenvalue weighted by Crippen LogP contribution is -2.37. The zero-order chi connectivity index (χ0) is 19.5. The number of rotatable bonds is 3. The van der Waals surface area contributed by atoms with Gasteiger partial charge in [0.05, 0.1) is 10.6 Å². The largest absolute Gasteiger partial charge is 0.476 e. The topological polar surface area (TPSA) is 95.9 Å². The first-order chi connectivity index (χ1) is 12.7. The first-order valence-electron chi connectivity index (χ1n) is 9.18. The van der Waals surface area contributed by atoms with Crippen LogP contribution in [0.25, 0.3) is 0 Å². The summed E-state index contributed by atoms with van der Waals surface area (Å²) in [5.41, 5.74) is 0.430. The lowest BCUT2D eigenvalue weighted by Gasteiger charge is -2.36. The average molecular weight is 414 g/mol. The van der Waals surface area contributed by atoms with Crippen molar-refractivity contribution in [1.29, 1.82) is 0 Å². The summed E-state index contributed by atoms with van der Waals surface area (Å²) in [5, 5.41) is 23.7. The number of halogens is 2. The predicted octanol–water partition coefficient (Wildman–Crippen LogP) is 2.33. The van der Waals surface area contributed by atoms with E-state index in [1.807, 2.05) is 12.2 Å². The number of aliphatic hydroxyl groups excluding tert-OH is 1. The maximum atomic E-state index is 11.8. The minimum absolute atomic E-state index is 0.0265. The molecule has 146 valence electrons. The quantitative estimate of drug-likeness (QED) is 0.660. The molecule has 6 nitrogen and oxygen atoms in total. The van der Waals surface area contributed by atoms with E-state index in [0.717, 1.165) is 31.2 Å². The lowest BCUT2D eigenvalue weighted by molar-refractivity contribution is -0.127. The number of carbonyl (C=O) groups excluding carboxylic acids is 2. The third-order valence-corrected chi connectivity index (χ3v) is 7.07. The van der Waals surface area contributed by atoms with Crippen LogP contribution in [0.2, 0.25) is 10.0 Å². The Kier molecular flexibility index (Phi) is 4.66. The minimum Gasteiger partial charge on any atom is -0.476 e. The molecular weight excluding hydrogens is 393 g/mol. The molecule has 0 aromatic heterocycles. The van der Waals surface area contributed by atoms with Crippen molar-refractivity contribution in [2.45, 2.75) is 56.8 Å². The molecule has 1 saturated heterocycles. The van der Waals surface area contributed by atoms with E-state index in [-0.39, 0.29) is 27.6 Å². The maximum absolute atomic E-state index is 11.8. The summed E-state index contributed by atoms with van der Waals surface area (Å²) in [6.45, 7) is 2.00. The second-order valence-corrected chi connectivity index (χ2v) is 8.54. The zero-order valence-corrected chi connectivity index (χ0v) is 16.3. The Hall–Kier alpha value is -1.34. The Morgan fingerprint density at radius 1 is 1.19 bits per heavy atom. The summed E-state index contributed by atoms with van der Waals surface area (Å²) >= 11 is 13.0. The number of amides is 2. The summed E-state index contributed by atoms with van der Waals surface area (Å²) in [5.74, 6) is -1.30. The number of benzene rings is 1. The molecule has 4 rings (SSSR count). The first-order valence-corrected chi connectivity index (χ1v) is 9.93. The van der Waals surface area contributed by atoms with Crippen LogP contribution in [0, 0.1) is 11.8 Å². The fourth-order valence-electron chi connectivity index (χ4n) is 4.84. The molecule has 1 aromatic carbocycles. The molecule has 3 N–H and O–H groups in total. The van der Waals surface area contributed by atoms with Gasteiger partial charge in [0.2, 0.25) is 6.10 Å². The van der Waals surface area contributed by atoms with Crippen molar-refractivity contribution in [3.05, 3.63) is 27.2 Å². The molecule has 1 heterocycles. The van der Waals surface area contributed by atoms with E-state index in [1.54, 1.807) is 6.07 Å². The third-order valence-electron chi connectivity index (χ3n) is 6.22. The van der Waals surface area contributed by atoms with E-state index < -0.39 is 29.6 Å². The van der Waals surface area contributed by atoms with Crippen molar-refractivity contribution in [3.8, 4) is 5.75 Å². The van der Waals surface area contributed by atoms with Crippen LogP contribution in [0.3, 0.4) is 0 Å². The Morgan fingerprint density at radius 3 is 2.44 bits per heavy atom. The summed E-state index contributed by atoms with van der Waals surface area (Å²) in [6.07, 6.45) is 1.70. The highest BCUT2D eigenvalue weighted by molar-refractivity contribution is 6.43. The molecule has 2 fully saturated rings. The van der Waals surface area contributed by atoms with Crippen LogP contribution in [0.1, 0.15) is 43.7 Å². The molecular formula is C19H21Cl2NO5. The molecule has 2 amide bonds. The van der Waals surface area contributed by atoms with Crippen molar-refractivity contribution in [2.24, 2.45) is 11.8 Å². The highest BCUT2D eigenvalue weighted by Crippen LogP contribution is 2.56. The molecule has 0 radical (unpaired) electrons. The summed E-state index contributed by atoms with van der Waals surface area (Å²) in [6, 6.07) is 1.66. The Morgan fingerprint density at radius 2 is 1.85 bits per heavy atom. The van der Waals surface area contributed by atoms with E-state index in [0.29, 0.717) is 12.0 Å². The van der Waals surface area contributed by atoms with Crippen LogP contribution in [0.15, 0.2) is 6.07 Å². The van der Waals surface area contributed by atoms with Gasteiger partial charge in [0.1, 0.15) is 10.8 Å². The van der Waals surface area contributed by atoms with Crippen LogP contribution in [-0.4, -0.2) is 34.2 Å². The van der Waals surface area contributed by atoms with E-state index in [1.165, 1.54) is 0 Å². The van der Waals surface area contributed by atoms with Gasteiger partial charge in [0.25, 0.3) is 11.8 Å². The molecule has 0 bridgehead atoms. The Balaban J connectivity index is 1.73. The molecule has 1 saturated carbocycles. The summed E-state index contributed by atoms with van der Waals surface area (Å²) in [7, 11) is 0. The SMILES string of the molecule is CC1Cc2cc(OC3C(=O)NC(=O)C3O)c(Cl)c(Cl)c2C1(O)C1CCCC1. The van der Waals surface area contributed by atoms with Gasteiger partial charge in [0, 0.05) is 5.56 Å². The molecule has 4 atom stereocenters. The van der Waals surface area contributed by atoms with Gasteiger partial charge in [0.15, 0.2) is 6.10 Å². The number of hydrogen-bond donors (Lipinski definition) is 3. The van der Waals surface area contributed by atoms with Crippen molar-refractivity contribution in [2.75, 3.05) is 0 Å². The fraction of sp³-hybridized carbons (Fsp3) is 0.579. The molecule has 1 aromatic rings. The standard InChI is InChI=1S/C19H21Cl2NO5/c1-8-6-9-7-11(27-16-15(23)17(24)22-18(16)25)13(20)14(21)12(9)19(8,26)10-4-2-3-5-10/h7-8,10,15-16,23,26H,2-6H2,1H3,(H,22,24,25). The molecule has 27 heavy (non-hydrogen) atoms. The number of aliphatic hydroxyl groups is 2. The van der Waals surface area contributed by atoms with Gasteiger partial charge in [-0.05, 0) is 42.7 Å². The first kappa shape index (κ1) is 19.0. The highest BCUT2D eigenvalue weighted by Gasteiger charge is 2.51. The van der Waals surface area contributed by atoms with Crippen molar-refractivity contribution in [3.63, 3.8) is 0 Å². The monoisotopic (exact) mass is 413 g/mol. The molecule has 0 spiro atoms. The second-order valence-electron chi connectivity index (χ2n) is 7.79. The molecule has 2 aliphatic carbocycles. The number of nitrogens with one attached hydrogen (secondary N) is 1. The van der Waals surface area contributed by atoms with E-state index in [9.17, 15) is 19.8 Å². The minimum atomic E-state index is -1.60. The van der Waals surface area contributed by atoms with Gasteiger partial charge in [-0.25, -0.2) is 0 Å². The van der Waals surface area contributed by atoms with E-state index in [4.69, 9.17) is 27.9 Å². The summed E-state index contributed by atoms with van der Waals surface area (Å²) < 4.78 is 5.56. The number of imide groups is 1. The normalized spacial score (nSPS) is 33.4. The number of ether oxygens (including phenoxy) is 1. The summed E-state index contributed by atoms with van der Waals surface area (Å²) in [4.78, 5) is 23.3. The third kappa shape index (κ3) is 2.77. The molecule has 3 aliphatic rings.